The van der Waals surface area contributed by atoms with E-state index in [-0.39, 0.29) is 0 Å². The quantitative estimate of drug-likeness (QED) is 0.867. The topological polar surface area (TPSA) is 12.0 Å². The first-order valence-corrected chi connectivity index (χ1v) is 9.08. The van der Waals surface area contributed by atoms with Crippen molar-refractivity contribution in [1.82, 2.24) is 5.32 Å². The zero-order valence-corrected chi connectivity index (χ0v) is 13.7. The Bertz CT molecular complexity index is 498. The number of hydrogen-bond donors (Lipinski definition) is 1. The average molecular weight is 334 g/mol. The lowest BCUT2D eigenvalue weighted by Crippen LogP contribution is -2.38. The van der Waals surface area contributed by atoms with Gasteiger partial charge in [-0.2, -0.15) is 0 Å². The van der Waals surface area contributed by atoms with E-state index in [4.69, 9.17) is 0 Å². The van der Waals surface area contributed by atoms with E-state index in [1.165, 1.54) is 56.0 Å². The molecule has 0 spiro atoms. The lowest BCUT2D eigenvalue weighted by molar-refractivity contribution is 0.299. The van der Waals surface area contributed by atoms with Crippen LogP contribution in [0.25, 0.3) is 0 Å². The van der Waals surface area contributed by atoms with Gasteiger partial charge in [0, 0.05) is 10.5 Å². The minimum absolute atomic E-state index is 0.711. The van der Waals surface area contributed by atoms with Crippen molar-refractivity contribution in [3.63, 3.8) is 0 Å². The van der Waals surface area contributed by atoms with Crippen molar-refractivity contribution in [2.75, 3.05) is 6.54 Å². The Labute approximate surface area is 130 Å². The highest BCUT2D eigenvalue weighted by Crippen LogP contribution is 2.48. The summed E-state index contributed by atoms with van der Waals surface area (Å²) >= 11 is 3.58. The molecule has 2 bridgehead atoms. The van der Waals surface area contributed by atoms with E-state index >= 15 is 0 Å². The number of aryl methyl sites for hydroxylation is 1. The fourth-order valence-electron chi connectivity index (χ4n) is 4.84. The Morgan fingerprint density at radius 3 is 2.85 bits per heavy atom. The molecule has 4 unspecified atom stereocenters. The zero-order valence-electron chi connectivity index (χ0n) is 12.1. The second-order valence-electron chi connectivity index (χ2n) is 7.20. The third-order valence-electron chi connectivity index (χ3n) is 5.95. The standard InChI is InChI=1S/C18H24BrN/c19-17-5-3-15-10-18(6-4-14(15)9-17)20-11-16-8-12-1-2-13(16)7-12/h3,5,9,12-13,16,18,20H,1-2,4,6-8,10-11H2. The van der Waals surface area contributed by atoms with E-state index in [2.05, 4.69) is 39.4 Å². The number of fused-ring (bicyclic) bond motifs is 3. The largest absolute Gasteiger partial charge is 0.313 e. The molecule has 0 saturated heterocycles. The second kappa shape index (κ2) is 5.46. The van der Waals surface area contributed by atoms with Crippen molar-refractivity contribution in [3.8, 4) is 0 Å². The summed E-state index contributed by atoms with van der Waals surface area (Å²) in [7, 11) is 0. The molecule has 1 aromatic rings. The average Bonchev–Trinajstić information content (AvgIpc) is 3.07. The molecule has 2 fully saturated rings. The molecule has 2 saturated carbocycles. The van der Waals surface area contributed by atoms with Gasteiger partial charge in [0.2, 0.25) is 0 Å². The summed E-state index contributed by atoms with van der Waals surface area (Å²) in [4.78, 5) is 0. The lowest BCUT2D eigenvalue weighted by atomic mass is 9.86. The Morgan fingerprint density at radius 1 is 1.10 bits per heavy atom. The Hall–Kier alpha value is -0.340. The molecule has 1 aromatic carbocycles. The fourth-order valence-corrected chi connectivity index (χ4v) is 5.25. The van der Waals surface area contributed by atoms with Gasteiger partial charge in [-0.25, -0.2) is 0 Å². The molecule has 0 amide bonds. The summed E-state index contributed by atoms with van der Waals surface area (Å²) < 4.78 is 1.23. The summed E-state index contributed by atoms with van der Waals surface area (Å²) in [5.74, 6) is 3.12. The first kappa shape index (κ1) is 13.3. The highest BCUT2D eigenvalue weighted by atomic mass is 79.9. The van der Waals surface area contributed by atoms with Crippen LogP contribution in [-0.4, -0.2) is 12.6 Å². The summed E-state index contributed by atoms with van der Waals surface area (Å²) in [5.41, 5.74) is 3.11. The van der Waals surface area contributed by atoms with Crippen molar-refractivity contribution in [2.45, 2.75) is 51.0 Å². The molecule has 1 N–H and O–H groups in total. The van der Waals surface area contributed by atoms with Crippen LogP contribution in [0.15, 0.2) is 22.7 Å². The van der Waals surface area contributed by atoms with Crippen LogP contribution < -0.4 is 5.32 Å². The van der Waals surface area contributed by atoms with Gasteiger partial charge in [-0.3, -0.25) is 0 Å². The summed E-state index contributed by atoms with van der Waals surface area (Å²) in [6.07, 6.45) is 9.85. The summed E-state index contributed by atoms with van der Waals surface area (Å²) in [6.45, 7) is 1.28. The first-order chi connectivity index (χ1) is 9.78. The van der Waals surface area contributed by atoms with Crippen molar-refractivity contribution in [3.05, 3.63) is 33.8 Å². The molecule has 20 heavy (non-hydrogen) atoms. The van der Waals surface area contributed by atoms with Crippen LogP contribution in [0.2, 0.25) is 0 Å². The van der Waals surface area contributed by atoms with Gasteiger partial charge >= 0.3 is 0 Å². The highest BCUT2D eigenvalue weighted by Gasteiger charge is 2.39. The van der Waals surface area contributed by atoms with Crippen LogP contribution in [0.1, 0.15) is 43.2 Å². The van der Waals surface area contributed by atoms with Crippen LogP contribution in [0, 0.1) is 17.8 Å². The SMILES string of the molecule is Brc1ccc2c(c1)CCC(NCC1CC3CCC1C3)C2. The number of benzene rings is 1. The molecular formula is C18H24BrN. The minimum Gasteiger partial charge on any atom is -0.313 e. The van der Waals surface area contributed by atoms with Gasteiger partial charge in [-0.1, -0.05) is 28.4 Å². The molecule has 4 rings (SSSR count). The van der Waals surface area contributed by atoms with Gasteiger partial charge in [-0.05, 0) is 86.1 Å². The molecular weight excluding hydrogens is 310 g/mol. The van der Waals surface area contributed by atoms with Crippen molar-refractivity contribution < 1.29 is 0 Å². The zero-order chi connectivity index (χ0) is 13.5. The molecule has 0 aromatic heterocycles. The molecule has 2 heteroatoms. The van der Waals surface area contributed by atoms with Gasteiger partial charge < -0.3 is 5.32 Å². The van der Waals surface area contributed by atoms with E-state index < -0.39 is 0 Å². The fraction of sp³-hybridized carbons (Fsp3) is 0.667. The van der Waals surface area contributed by atoms with Crippen molar-refractivity contribution in [1.29, 1.82) is 0 Å². The maximum Gasteiger partial charge on any atom is 0.0178 e. The highest BCUT2D eigenvalue weighted by molar-refractivity contribution is 9.10. The van der Waals surface area contributed by atoms with Gasteiger partial charge in [0.25, 0.3) is 0 Å². The smallest absolute Gasteiger partial charge is 0.0178 e. The van der Waals surface area contributed by atoms with Crippen molar-refractivity contribution in [2.24, 2.45) is 17.8 Å². The molecule has 1 nitrogen and oxygen atoms in total. The molecule has 0 radical (unpaired) electrons. The molecule has 3 aliphatic carbocycles. The normalized spacial score (nSPS) is 35.2. The van der Waals surface area contributed by atoms with E-state index in [0.717, 1.165) is 17.8 Å². The van der Waals surface area contributed by atoms with E-state index in [1.54, 1.807) is 11.1 Å². The number of rotatable bonds is 3. The Kier molecular flexibility index (Phi) is 3.64. The molecule has 0 aliphatic heterocycles. The molecule has 0 heterocycles. The Balaban J connectivity index is 1.34. The van der Waals surface area contributed by atoms with Crippen LogP contribution in [0.5, 0.6) is 0 Å². The summed E-state index contributed by atoms with van der Waals surface area (Å²) in [5, 5.41) is 3.89. The Morgan fingerprint density at radius 2 is 2.05 bits per heavy atom. The van der Waals surface area contributed by atoms with E-state index in [1.807, 2.05) is 0 Å². The van der Waals surface area contributed by atoms with E-state index in [9.17, 15) is 0 Å². The van der Waals surface area contributed by atoms with Crippen LogP contribution >= 0.6 is 15.9 Å². The lowest BCUT2D eigenvalue weighted by Gasteiger charge is -2.29. The maximum atomic E-state index is 3.89. The second-order valence-corrected chi connectivity index (χ2v) is 8.11. The monoisotopic (exact) mass is 333 g/mol. The molecule has 4 atom stereocenters. The van der Waals surface area contributed by atoms with Crippen molar-refractivity contribution >= 4 is 15.9 Å². The number of hydrogen-bond acceptors (Lipinski definition) is 1. The van der Waals surface area contributed by atoms with E-state index in [0.29, 0.717) is 6.04 Å². The van der Waals surface area contributed by atoms with Crippen LogP contribution in [0.3, 0.4) is 0 Å². The van der Waals surface area contributed by atoms with Gasteiger partial charge in [0.05, 0.1) is 0 Å². The predicted octanol–water partition coefficient (Wildman–Crippen LogP) is 4.33. The minimum atomic E-state index is 0.711. The third kappa shape index (κ3) is 2.57. The summed E-state index contributed by atoms with van der Waals surface area (Å²) in [6, 6.07) is 7.52. The first-order valence-electron chi connectivity index (χ1n) is 8.28. The van der Waals surface area contributed by atoms with Gasteiger partial charge in [0.15, 0.2) is 0 Å². The predicted molar refractivity (Wildman–Crippen MR) is 86.9 cm³/mol. The maximum absolute atomic E-state index is 3.89. The van der Waals surface area contributed by atoms with Crippen LogP contribution in [0.4, 0.5) is 0 Å². The van der Waals surface area contributed by atoms with Gasteiger partial charge in [0.1, 0.15) is 0 Å². The van der Waals surface area contributed by atoms with Crippen LogP contribution in [-0.2, 0) is 12.8 Å². The molecule has 108 valence electrons. The number of halogens is 1. The van der Waals surface area contributed by atoms with Gasteiger partial charge in [-0.15, -0.1) is 0 Å². The third-order valence-corrected chi connectivity index (χ3v) is 6.44. The number of nitrogens with one attached hydrogen (secondary N) is 1. The molecule has 3 aliphatic rings.